The first-order valence-corrected chi connectivity index (χ1v) is 7.56. The quantitative estimate of drug-likeness (QED) is 0.913. The molecule has 0 aliphatic heterocycles. The predicted molar refractivity (Wildman–Crippen MR) is 88.0 cm³/mol. The van der Waals surface area contributed by atoms with E-state index in [2.05, 4.69) is 17.2 Å². The smallest absolute Gasteiger partial charge is 0.271 e. The number of amides is 1. The number of nitrogens with two attached hydrogens (primary N) is 1. The van der Waals surface area contributed by atoms with Gasteiger partial charge >= 0.3 is 0 Å². The summed E-state index contributed by atoms with van der Waals surface area (Å²) in [4.78, 5) is 17.4. The van der Waals surface area contributed by atoms with Gasteiger partial charge in [0.25, 0.3) is 5.91 Å². The van der Waals surface area contributed by atoms with Crippen LogP contribution in [0.4, 0.5) is 5.13 Å². The molecular formula is C16H20N3OS. The Balaban J connectivity index is 2.31. The monoisotopic (exact) mass is 302 g/mol. The molecule has 1 unspecified atom stereocenters. The number of nitrogen functional groups attached to an aromatic ring is 1. The summed E-state index contributed by atoms with van der Waals surface area (Å²) in [5, 5.41) is 3.28. The van der Waals surface area contributed by atoms with Gasteiger partial charge in [0.2, 0.25) is 0 Å². The highest BCUT2D eigenvalue weighted by atomic mass is 32.1. The third-order valence-electron chi connectivity index (χ3n) is 3.25. The number of anilines is 1. The molecule has 0 saturated heterocycles. The summed E-state index contributed by atoms with van der Waals surface area (Å²) < 4.78 is 0. The second-order valence-electron chi connectivity index (χ2n) is 5.99. The first-order valence-electron chi connectivity index (χ1n) is 6.74. The number of benzene rings is 1. The number of carbonyl (C=O) groups excluding carboxylic acids is 1. The summed E-state index contributed by atoms with van der Waals surface area (Å²) >= 11 is 1.32. The Morgan fingerprint density at radius 3 is 2.52 bits per heavy atom. The van der Waals surface area contributed by atoms with Crippen molar-refractivity contribution in [2.75, 3.05) is 5.73 Å². The fourth-order valence-electron chi connectivity index (χ4n) is 1.72. The van der Waals surface area contributed by atoms with Crippen molar-refractivity contribution in [3.05, 3.63) is 42.9 Å². The maximum absolute atomic E-state index is 12.4. The second-order valence-corrected chi connectivity index (χ2v) is 7.02. The Morgan fingerprint density at radius 2 is 1.95 bits per heavy atom. The lowest BCUT2D eigenvalue weighted by Gasteiger charge is -2.27. The van der Waals surface area contributed by atoms with Gasteiger partial charge < -0.3 is 11.1 Å². The number of aromatic nitrogens is 1. The third-order valence-corrected chi connectivity index (χ3v) is 4.18. The van der Waals surface area contributed by atoms with E-state index in [9.17, 15) is 4.79 Å². The minimum absolute atomic E-state index is 0.121. The topological polar surface area (TPSA) is 68.0 Å². The molecule has 2 rings (SSSR count). The van der Waals surface area contributed by atoms with Crippen molar-refractivity contribution in [3.63, 3.8) is 0 Å². The van der Waals surface area contributed by atoms with Crippen molar-refractivity contribution >= 4 is 22.4 Å². The summed E-state index contributed by atoms with van der Waals surface area (Å²) in [7, 11) is 0. The standard InChI is InChI=1S/C16H20N3OS/c1-10(16(2,3)4)18-14(20)12-13(21-15(17)19-12)11-8-6-5-7-9-11/h5-10H,1H2,2-4H3,(H2,17,19)(H,18,20). The van der Waals surface area contributed by atoms with Gasteiger partial charge in [0, 0.05) is 6.04 Å². The first-order chi connectivity index (χ1) is 9.79. The Hall–Kier alpha value is -1.88. The van der Waals surface area contributed by atoms with Crippen LogP contribution in [0.1, 0.15) is 31.3 Å². The van der Waals surface area contributed by atoms with Crippen molar-refractivity contribution in [2.45, 2.75) is 26.8 Å². The Morgan fingerprint density at radius 1 is 1.33 bits per heavy atom. The number of nitrogens with zero attached hydrogens (tertiary/aromatic N) is 1. The molecule has 111 valence electrons. The van der Waals surface area contributed by atoms with E-state index in [0.29, 0.717) is 10.8 Å². The zero-order valence-corrected chi connectivity index (χ0v) is 13.3. The van der Waals surface area contributed by atoms with Gasteiger partial charge in [-0.3, -0.25) is 4.79 Å². The van der Waals surface area contributed by atoms with Crippen molar-refractivity contribution in [3.8, 4) is 10.4 Å². The molecule has 21 heavy (non-hydrogen) atoms. The Labute approximate surface area is 129 Å². The van der Waals surface area contributed by atoms with Gasteiger partial charge in [-0.25, -0.2) is 4.98 Å². The molecule has 1 atom stereocenters. The molecule has 5 heteroatoms. The van der Waals surface area contributed by atoms with Crippen LogP contribution in [-0.2, 0) is 0 Å². The second kappa shape index (κ2) is 5.85. The minimum atomic E-state index is -0.239. The van der Waals surface area contributed by atoms with Gasteiger partial charge in [-0.2, -0.15) is 0 Å². The molecule has 0 saturated carbocycles. The van der Waals surface area contributed by atoms with Gasteiger partial charge in [0.15, 0.2) is 5.13 Å². The third kappa shape index (κ3) is 3.61. The lowest BCUT2D eigenvalue weighted by Crippen LogP contribution is -2.41. The maximum Gasteiger partial charge on any atom is 0.271 e. The molecule has 2 aromatic rings. The van der Waals surface area contributed by atoms with Crippen LogP contribution in [0.3, 0.4) is 0 Å². The summed E-state index contributed by atoms with van der Waals surface area (Å²) in [6.45, 7) is 10.1. The number of carbonyl (C=O) groups is 1. The van der Waals surface area contributed by atoms with Crippen LogP contribution in [0.2, 0.25) is 0 Å². The zero-order chi connectivity index (χ0) is 15.6. The van der Waals surface area contributed by atoms with Crippen LogP contribution in [0.5, 0.6) is 0 Å². The average molecular weight is 302 g/mol. The number of nitrogens with one attached hydrogen (secondary N) is 1. The predicted octanol–water partition coefficient (Wildman–Crippen LogP) is 3.37. The Kier molecular flexibility index (Phi) is 4.32. The highest BCUT2D eigenvalue weighted by molar-refractivity contribution is 7.19. The van der Waals surface area contributed by atoms with Gasteiger partial charge in [0.05, 0.1) is 4.88 Å². The average Bonchev–Trinajstić information content (AvgIpc) is 2.81. The van der Waals surface area contributed by atoms with Gasteiger partial charge in [-0.1, -0.05) is 62.4 Å². The van der Waals surface area contributed by atoms with E-state index in [1.807, 2.05) is 51.1 Å². The SMILES string of the molecule is [CH2]C(NC(=O)c1nc(N)sc1-c1ccccc1)C(C)(C)C. The zero-order valence-electron chi connectivity index (χ0n) is 12.5. The van der Waals surface area contributed by atoms with Crippen molar-refractivity contribution in [2.24, 2.45) is 5.41 Å². The molecule has 1 heterocycles. The summed E-state index contributed by atoms with van der Waals surface area (Å²) in [6.07, 6.45) is 0. The van der Waals surface area contributed by atoms with E-state index in [-0.39, 0.29) is 17.4 Å². The van der Waals surface area contributed by atoms with Crippen LogP contribution < -0.4 is 11.1 Å². The Bertz CT molecular complexity index is 629. The van der Waals surface area contributed by atoms with E-state index >= 15 is 0 Å². The van der Waals surface area contributed by atoms with Crippen LogP contribution in [0.25, 0.3) is 10.4 Å². The van der Waals surface area contributed by atoms with E-state index < -0.39 is 0 Å². The van der Waals surface area contributed by atoms with Crippen molar-refractivity contribution in [1.29, 1.82) is 0 Å². The molecule has 1 aromatic heterocycles. The minimum Gasteiger partial charge on any atom is -0.375 e. The normalized spacial score (nSPS) is 13.0. The van der Waals surface area contributed by atoms with Gasteiger partial charge in [0.1, 0.15) is 5.69 Å². The maximum atomic E-state index is 12.4. The molecule has 0 bridgehead atoms. The largest absolute Gasteiger partial charge is 0.375 e. The van der Waals surface area contributed by atoms with E-state index in [1.54, 1.807) is 0 Å². The molecule has 0 spiro atoms. The molecule has 0 aliphatic carbocycles. The fourth-order valence-corrected chi connectivity index (χ4v) is 2.55. The number of hydrogen-bond acceptors (Lipinski definition) is 4. The molecule has 0 aliphatic rings. The lowest BCUT2D eigenvalue weighted by molar-refractivity contribution is 0.0915. The summed E-state index contributed by atoms with van der Waals surface area (Å²) in [6, 6.07) is 9.44. The summed E-state index contributed by atoms with van der Waals surface area (Å²) in [5.41, 5.74) is 6.96. The number of hydrogen-bond donors (Lipinski definition) is 2. The molecule has 1 aromatic carbocycles. The summed E-state index contributed by atoms with van der Waals surface area (Å²) in [5.74, 6) is -0.239. The lowest BCUT2D eigenvalue weighted by atomic mass is 9.88. The molecule has 1 amide bonds. The van der Waals surface area contributed by atoms with Crippen LogP contribution in [0, 0.1) is 12.3 Å². The van der Waals surface area contributed by atoms with Gasteiger partial charge in [-0.15, -0.1) is 0 Å². The number of thiazole rings is 1. The number of rotatable bonds is 3. The van der Waals surface area contributed by atoms with Crippen LogP contribution >= 0.6 is 11.3 Å². The molecular weight excluding hydrogens is 282 g/mol. The van der Waals surface area contributed by atoms with Crippen LogP contribution in [-0.4, -0.2) is 16.9 Å². The van der Waals surface area contributed by atoms with Gasteiger partial charge in [-0.05, 0) is 17.9 Å². The molecule has 4 nitrogen and oxygen atoms in total. The van der Waals surface area contributed by atoms with E-state index in [1.165, 1.54) is 11.3 Å². The molecule has 0 fully saturated rings. The van der Waals surface area contributed by atoms with Crippen molar-refractivity contribution in [1.82, 2.24) is 10.3 Å². The van der Waals surface area contributed by atoms with E-state index in [0.717, 1.165) is 10.4 Å². The van der Waals surface area contributed by atoms with Crippen LogP contribution in [0.15, 0.2) is 30.3 Å². The van der Waals surface area contributed by atoms with Crippen molar-refractivity contribution < 1.29 is 4.79 Å². The fraction of sp³-hybridized carbons (Fsp3) is 0.312. The highest BCUT2D eigenvalue weighted by Gasteiger charge is 2.25. The molecule has 1 radical (unpaired) electrons. The molecule has 3 N–H and O–H groups in total. The highest BCUT2D eigenvalue weighted by Crippen LogP contribution is 2.31. The van der Waals surface area contributed by atoms with E-state index in [4.69, 9.17) is 5.73 Å². The first kappa shape index (κ1) is 15.5.